The molecule has 1 nitrogen and oxygen atoms in total. The summed E-state index contributed by atoms with van der Waals surface area (Å²) in [4.78, 5) is 0. The van der Waals surface area contributed by atoms with Gasteiger partial charge < -0.3 is 4.74 Å². The van der Waals surface area contributed by atoms with E-state index in [1.54, 1.807) is 7.11 Å². The minimum atomic E-state index is 0.353. The third-order valence-corrected chi connectivity index (χ3v) is 3.50. The first-order valence-electron chi connectivity index (χ1n) is 6.56. The molecule has 0 fully saturated rings. The third-order valence-electron chi connectivity index (χ3n) is 3.50. The summed E-state index contributed by atoms with van der Waals surface area (Å²) < 4.78 is 5.18. The van der Waals surface area contributed by atoms with E-state index in [9.17, 15) is 0 Å². The van der Waals surface area contributed by atoms with E-state index in [1.807, 2.05) is 18.2 Å². The molecule has 1 atom stereocenters. The number of hydrogen-bond acceptors (Lipinski definition) is 1. The lowest BCUT2D eigenvalue weighted by Gasteiger charge is -2.16. The Labute approximate surface area is 115 Å². The normalized spacial score (nSPS) is 11.9. The van der Waals surface area contributed by atoms with Crippen LogP contribution >= 0.6 is 0 Å². The SMILES string of the molecule is C=C(Cc1ccccc1)C(C)c1ccc(OC)cc1. The summed E-state index contributed by atoms with van der Waals surface area (Å²) in [7, 11) is 1.69. The van der Waals surface area contributed by atoms with Gasteiger partial charge in [0.05, 0.1) is 7.11 Å². The van der Waals surface area contributed by atoms with Crippen molar-refractivity contribution in [3.05, 3.63) is 77.9 Å². The van der Waals surface area contributed by atoms with Gasteiger partial charge in [0, 0.05) is 5.92 Å². The van der Waals surface area contributed by atoms with Crippen molar-refractivity contribution in [1.29, 1.82) is 0 Å². The molecule has 2 aromatic carbocycles. The Kier molecular flexibility index (Phi) is 4.40. The smallest absolute Gasteiger partial charge is 0.118 e. The molecule has 1 heteroatoms. The summed E-state index contributed by atoms with van der Waals surface area (Å²) in [6.45, 7) is 6.44. The van der Waals surface area contributed by atoms with E-state index < -0.39 is 0 Å². The number of hydrogen-bond donors (Lipinski definition) is 0. The van der Waals surface area contributed by atoms with Crippen molar-refractivity contribution in [1.82, 2.24) is 0 Å². The van der Waals surface area contributed by atoms with E-state index in [4.69, 9.17) is 4.74 Å². The second kappa shape index (κ2) is 6.24. The summed E-state index contributed by atoms with van der Waals surface area (Å²) in [5.41, 5.74) is 3.82. The molecule has 1 unspecified atom stereocenters. The Bertz CT molecular complexity index is 525. The molecule has 2 rings (SSSR count). The zero-order valence-electron chi connectivity index (χ0n) is 11.6. The fraction of sp³-hybridized carbons (Fsp3) is 0.222. The second-order valence-electron chi connectivity index (χ2n) is 4.82. The van der Waals surface area contributed by atoms with Gasteiger partial charge in [-0.05, 0) is 29.7 Å². The molecule has 0 heterocycles. The van der Waals surface area contributed by atoms with Gasteiger partial charge >= 0.3 is 0 Å². The van der Waals surface area contributed by atoms with Crippen LogP contribution < -0.4 is 4.74 Å². The Morgan fingerprint density at radius 2 is 1.68 bits per heavy atom. The molecule has 0 N–H and O–H groups in total. The first kappa shape index (κ1) is 13.4. The fourth-order valence-corrected chi connectivity index (χ4v) is 2.14. The average Bonchev–Trinajstić information content (AvgIpc) is 2.47. The largest absolute Gasteiger partial charge is 0.497 e. The Morgan fingerprint density at radius 1 is 1.05 bits per heavy atom. The van der Waals surface area contributed by atoms with Gasteiger partial charge in [-0.2, -0.15) is 0 Å². The van der Waals surface area contributed by atoms with Gasteiger partial charge in [0.25, 0.3) is 0 Å². The van der Waals surface area contributed by atoms with Crippen molar-refractivity contribution in [3.63, 3.8) is 0 Å². The van der Waals surface area contributed by atoms with Crippen LogP contribution in [0, 0.1) is 0 Å². The predicted octanol–water partition coefficient (Wildman–Crippen LogP) is 4.60. The summed E-state index contributed by atoms with van der Waals surface area (Å²) in [6.07, 6.45) is 0.925. The van der Waals surface area contributed by atoms with Crippen LogP contribution in [-0.2, 0) is 6.42 Å². The zero-order valence-corrected chi connectivity index (χ0v) is 11.6. The van der Waals surface area contributed by atoms with Gasteiger partial charge in [-0.15, -0.1) is 0 Å². The number of ether oxygens (including phenoxy) is 1. The van der Waals surface area contributed by atoms with Crippen LogP contribution in [0.2, 0.25) is 0 Å². The summed E-state index contributed by atoms with van der Waals surface area (Å²) in [6, 6.07) is 18.7. The van der Waals surface area contributed by atoms with Gasteiger partial charge in [0.1, 0.15) is 5.75 Å². The molecule has 0 saturated carbocycles. The van der Waals surface area contributed by atoms with Crippen molar-refractivity contribution in [2.75, 3.05) is 7.11 Å². The fourth-order valence-electron chi connectivity index (χ4n) is 2.14. The zero-order chi connectivity index (χ0) is 13.7. The highest BCUT2D eigenvalue weighted by molar-refractivity contribution is 5.34. The maximum absolute atomic E-state index is 5.18. The molecule has 0 aliphatic heterocycles. The molecule has 0 spiro atoms. The maximum atomic E-state index is 5.18. The highest BCUT2D eigenvalue weighted by atomic mass is 16.5. The Balaban J connectivity index is 2.06. The highest BCUT2D eigenvalue weighted by Gasteiger charge is 2.10. The van der Waals surface area contributed by atoms with Gasteiger partial charge in [-0.3, -0.25) is 0 Å². The molecule has 19 heavy (non-hydrogen) atoms. The van der Waals surface area contributed by atoms with Gasteiger partial charge in [0.2, 0.25) is 0 Å². The summed E-state index contributed by atoms with van der Waals surface area (Å²) in [5.74, 6) is 1.25. The predicted molar refractivity (Wildman–Crippen MR) is 80.7 cm³/mol. The van der Waals surface area contributed by atoms with E-state index in [1.165, 1.54) is 16.7 Å². The Hall–Kier alpha value is -2.02. The number of rotatable bonds is 5. The van der Waals surface area contributed by atoms with Crippen LogP contribution in [0.5, 0.6) is 5.75 Å². The molecule has 0 bridgehead atoms. The highest BCUT2D eigenvalue weighted by Crippen LogP contribution is 2.26. The molecule has 0 aromatic heterocycles. The van der Waals surface area contributed by atoms with E-state index in [2.05, 4.69) is 49.9 Å². The van der Waals surface area contributed by atoms with Crippen molar-refractivity contribution in [2.45, 2.75) is 19.3 Å². The average molecular weight is 252 g/mol. The molecule has 0 aliphatic carbocycles. The lowest BCUT2D eigenvalue weighted by atomic mass is 9.90. The first-order valence-corrected chi connectivity index (χ1v) is 6.56. The van der Waals surface area contributed by atoms with Crippen molar-refractivity contribution < 1.29 is 4.74 Å². The second-order valence-corrected chi connectivity index (χ2v) is 4.82. The third kappa shape index (κ3) is 3.47. The number of allylic oxidation sites excluding steroid dienone is 1. The molecular weight excluding hydrogens is 232 g/mol. The van der Waals surface area contributed by atoms with Crippen molar-refractivity contribution in [2.24, 2.45) is 0 Å². The molecule has 0 amide bonds. The molecule has 2 aromatic rings. The van der Waals surface area contributed by atoms with E-state index in [0.717, 1.165) is 12.2 Å². The summed E-state index contributed by atoms with van der Waals surface area (Å²) in [5, 5.41) is 0. The molecular formula is C18H20O. The maximum Gasteiger partial charge on any atom is 0.118 e. The van der Waals surface area contributed by atoms with Crippen LogP contribution in [0.3, 0.4) is 0 Å². The van der Waals surface area contributed by atoms with Crippen LogP contribution in [0.25, 0.3) is 0 Å². The lowest BCUT2D eigenvalue weighted by Crippen LogP contribution is -2.00. The minimum Gasteiger partial charge on any atom is -0.497 e. The minimum absolute atomic E-state index is 0.353. The van der Waals surface area contributed by atoms with E-state index in [0.29, 0.717) is 5.92 Å². The number of benzene rings is 2. The van der Waals surface area contributed by atoms with E-state index >= 15 is 0 Å². The Morgan fingerprint density at radius 3 is 2.26 bits per heavy atom. The molecule has 0 saturated heterocycles. The van der Waals surface area contributed by atoms with Crippen LogP contribution in [-0.4, -0.2) is 7.11 Å². The van der Waals surface area contributed by atoms with Crippen molar-refractivity contribution in [3.8, 4) is 5.75 Å². The van der Waals surface area contributed by atoms with Crippen LogP contribution in [0.1, 0.15) is 24.0 Å². The monoisotopic (exact) mass is 252 g/mol. The van der Waals surface area contributed by atoms with Crippen LogP contribution in [0.4, 0.5) is 0 Å². The summed E-state index contributed by atoms with van der Waals surface area (Å²) >= 11 is 0. The molecule has 98 valence electrons. The van der Waals surface area contributed by atoms with Gasteiger partial charge in [-0.1, -0.05) is 61.5 Å². The van der Waals surface area contributed by atoms with Crippen molar-refractivity contribution >= 4 is 0 Å². The molecule has 0 radical (unpaired) electrons. The quantitative estimate of drug-likeness (QED) is 0.707. The van der Waals surface area contributed by atoms with Gasteiger partial charge in [-0.25, -0.2) is 0 Å². The molecule has 0 aliphatic rings. The topological polar surface area (TPSA) is 9.23 Å². The van der Waals surface area contributed by atoms with E-state index in [-0.39, 0.29) is 0 Å². The van der Waals surface area contributed by atoms with Crippen LogP contribution in [0.15, 0.2) is 66.7 Å². The standard InChI is InChI=1S/C18H20O/c1-14(13-16-7-5-4-6-8-16)15(2)17-9-11-18(19-3)12-10-17/h4-12,15H,1,13H2,2-3H3. The van der Waals surface area contributed by atoms with Gasteiger partial charge in [0.15, 0.2) is 0 Å². The number of methoxy groups -OCH3 is 1. The first-order chi connectivity index (χ1) is 9.20. The lowest BCUT2D eigenvalue weighted by molar-refractivity contribution is 0.414.